The van der Waals surface area contributed by atoms with E-state index < -0.39 is 10.8 Å². The van der Waals surface area contributed by atoms with Gasteiger partial charge in [0.15, 0.2) is 5.69 Å². The summed E-state index contributed by atoms with van der Waals surface area (Å²) in [4.78, 5) is 23.0. The van der Waals surface area contributed by atoms with E-state index >= 15 is 0 Å². The third-order valence-corrected chi connectivity index (χ3v) is 4.40. The molecular weight excluding hydrogens is 386 g/mol. The van der Waals surface area contributed by atoms with E-state index in [-0.39, 0.29) is 28.7 Å². The summed E-state index contributed by atoms with van der Waals surface area (Å²) in [5, 5.41) is 17.4. The number of benzene rings is 2. The summed E-state index contributed by atoms with van der Waals surface area (Å²) >= 11 is 6.03. The summed E-state index contributed by atoms with van der Waals surface area (Å²) in [6, 6.07) is 11.2. The first kappa shape index (κ1) is 19.4. The van der Waals surface area contributed by atoms with Crippen molar-refractivity contribution in [1.29, 1.82) is 0 Å². The number of nitro groups is 1. The summed E-state index contributed by atoms with van der Waals surface area (Å²) in [7, 11) is 0. The predicted molar refractivity (Wildman–Crippen MR) is 103 cm³/mol. The number of non-ortho nitro benzene ring substituents is 1. The number of aromatic nitrogens is 1. The van der Waals surface area contributed by atoms with Gasteiger partial charge in [0.05, 0.1) is 21.2 Å². The third-order valence-electron chi connectivity index (χ3n) is 4.07. The number of amides is 1. The highest BCUT2D eigenvalue weighted by Crippen LogP contribution is 2.28. The lowest BCUT2D eigenvalue weighted by molar-refractivity contribution is -0.384. The van der Waals surface area contributed by atoms with Crippen molar-refractivity contribution in [3.63, 3.8) is 0 Å². The lowest BCUT2D eigenvalue weighted by Gasteiger charge is -2.10. The number of halogens is 1. The Morgan fingerprint density at radius 2 is 2.04 bits per heavy atom. The van der Waals surface area contributed by atoms with Gasteiger partial charge in [-0.2, -0.15) is 0 Å². The van der Waals surface area contributed by atoms with Gasteiger partial charge in [-0.25, -0.2) is 0 Å². The highest BCUT2D eigenvalue weighted by atomic mass is 35.5. The normalized spacial score (nSPS) is 10.5. The lowest BCUT2D eigenvalue weighted by atomic mass is 10.2. The monoisotopic (exact) mass is 401 g/mol. The van der Waals surface area contributed by atoms with Gasteiger partial charge < -0.3 is 14.6 Å². The number of ether oxygens (including phenoxy) is 1. The number of nitro benzene ring substituents is 1. The Labute approximate surface area is 165 Å². The van der Waals surface area contributed by atoms with Crippen molar-refractivity contribution < 1.29 is 19.0 Å². The smallest absolute Gasteiger partial charge is 0.278 e. The van der Waals surface area contributed by atoms with E-state index in [2.05, 4.69) is 10.5 Å². The van der Waals surface area contributed by atoms with Gasteiger partial charge in [0, 0.05) is 12.1 Å². The van der Waals surface area contributed by atoms with Crippen molar-refractivity contribution in [2.24, 2.45) is 0 Å². The van der Waals surface area contributed by atoms with Crippen LogP contribution in [0.4, 0.5) is 11.4 Å². The Kier molecular flexibility index (Phi) is 5.60. The van der Waals surface area contributed by atoms with Gasteiger partial charge in [-0.1, -0.05) is 35.0 Å². The molecule has 0 saturated heterocycles. The minimum atomic E-state index is -0.609. The van der Waals surface area contributed by atoms with Gasteiger partial charge in [-0.3, -0.25) is 14.9 Å². The van der Waals surface area contributed by atoms with Crippen LogP contribution in [0.15, 0.2) is 47.0 Å². The van der Waals surface area contributed by atoms with E-state index in [4.69, 9.17) is 20.9 Å². The fourth-order valence-electron chi connectivity index (χ4n) is 2.51. The molecule has 28 heavy (non-hydrogen) atoms. The number of anilines is 1. The molecule has 0 unspecified atom stereocenters. The summed E-state index contributed by atoms with van der Waals surface area (Å²) in [6.45, 7) is 3.65. The first-order valence-electron chi connectivity index (χ1n) is 8.25. The Morgan fingerprint density at radius 3 is 2.75 bits per heavy atom. The van der Waals surface area contributed by atoms with Crippen LogP contribution >= 0.6 is 11.6 Å². The maximum Gasteiger partial charge on any atom is 0.278 e. The minimum absolute atomic E-state index is 0.0219. The molecule has 0 radical (unpaired) electrons. The number of carbonyl (C=O) groups is 1. The highest BCUT2D eigenvalue weighted by Gasteiger charge is 2.22. The number of hydrogen-bond donors (Lipinski definition) is 1. The van der Waals surface area contributed by atoms with Crippen LogP contribution in [0.25, 0.3) is 0 Å². The fourth-order valence-corrected chi connectivity index (χ4v) is 2.68. The molecule has 8 nitrogen and oxygen atoms in total. The summed E-state index contributed by atoms with van der Waals surface area (Å²) in [5.41, 5.74) is 1.35. The molecule has 0 aliphatic heterocycles. The molecule has 3 aromatic rings. The highest BCUT2D eigenvalue weighted by molar-refractivity contribution is 6.34. The quantitative estimate of drug-likeness (QED) is 0.474. The molecule has 0 fully saturated rings. The molecule has 1 amide bonds. The average Bonchev–Trinajstić information content (AvgIpc) is 3.03. The summed E-state index contributed by atoms with van der Waals surface area (Å²) in [6.07, 6.45) is 0. The second kappa shape index (κ2) is 8.10. The van der Waals surface area contributed by atoms with Crippen molar-refractivity contribution in [2.75, 3.05) is 5.32 Å². The van der Waals surface area contributed by atoms with E-state index in [0.29, 0.717) is 17.1 Å². The molecule has 0 spiro atoms. The van der Waals surface area contributed by atoms with Crippen LogP contribution in [0.3, 0.4) is 0 Å². The topological polar surface area (TPSA) is 108 Å². The molecule has 0 aliphatic carbocycles. The summed E-state index contributed by atoms with van der Waals surface area (Å²) < 4.78 is 10.9. The van der Waals surface area contributed by atoms with E-state index in [0.717, 1.165) is 5.56 Å². The second-order valence-electron chi connectivity index (χ2n) is 6.00. The number of nitrogens with zero attached hydrogens (tertiary/aromatic N) is 2. The molecule has 0 aliphatic rings. The largest absolute Gasteiger partial charge is 0.488 e. The lowest BCUT2D eigenvalue weighted by Crippen LogP contribution is -2.16. The Hall–Kier alpha value is -3.39. The molecule has 1 N–H and O–H groups in total. The molecule has 3 rings (SSSR count). The Morgan fingerprint density at radius 1 is 1.29 bits per heavy atom. The van der Waals surface area contributed by atoms with Crippen molar-refractivity contribution in [2.45, 2.75) is 20.5 Å². The van der Waals surface area contributed by atoms with E-state index in [1.54, 1.807) is 6.92 Å². The number of rotatable bonds is 6. The van der Waals surface area contributed by atoms with Crippen molar-refractivity contribution in [3.05, 3.63) is 80.2 Å². The van der Waals surface area contributed by atoms with Crippen LogP contribution in [0.1, 0.15) is 27.4 Å². The van der Waals surface area contributed by atoms with Crippen LogP contribution < -0.4 is 10.1 Å². The van der Waals surface area contributed by atoms with Gasteiger partial charge in [0.2, 0.25) is 0 Å². The first-order valence-corrected chi connectivity index (χ1v) is 8.63. The number of hydrogen-bond acceptors (Lipinski definition) is 6. The molecule has 2 aromatic carbocycles. The molecule has 9 heteroatoms. The third kappa shape index (κ3) is 4.12. The van der Waals surface area contributed by atoms with Gasteiger partial charge in [0.1, 0.15) is 18.1 Å². The van der Waals surface area contributed by atoms with E-state index in [9.17, 15) is 14.9 Å². The average molecular weight is 402 g/mol. The SMILES string of the molecule is Cc1ccccc1OCc1c(C(=O)Nc2cc([N+](=O)[O-])ccc2Cl)noc1C. The zero-order valence-electron chi connectivity index (χ0n) is 15.1. The predicted octanol–water partition coefficient (Wildman–Crippen LogP) is 4.68. The molecule has 0 atom stereocenters. The Bertz CT molecular complexity index is 1050. The summed E-state index contributed by atoms with van der Waals surface area (Å²) in [5.74, 6) is 0.502. The minimum Gasteiger partial charge on any atom is -0.488 e. The number of nitrogens with one attached hydrogen (secondary N) is 1. The maximum atomic E-state index is 12.6. The number of para-hydroxylation sites is 1. The molecular formula is C19H16ClN3O5. The zero-order chi connectivity index (χ0) is 20.3. The number of aryl methyl sites for hydroxylation is 2. The fraction of sp³-hybridized carbons (Fsp3) is 0.158. The van der Waals surface area contributed by atoms with Crippen LogP contribution in [0, 0.1) is 24.0 Å². The van der Waals surface area contributed by atoms with Crippen molar-refractivity contribution in [3.8, 4) is 5.75 Å². The molecule has 1 heterocycles. The van der Waals surface area contributed by atoms with Gasteiger partial charge in [-0.15, -0.1) is 0 Å². The standard InChI is InChI=1S/C19H16ClN3O5/c1-11-5-3-4-6-17(11)27-10-14-12(2)28-22-18(14)19(24)21-16-9-13(23(25)26)7-8-15(16)20/h3-9H,10H2,1-2H3,(H,21,24). The van der Waals surface area contributed by atoms with Crippen LogP contribution in [-0.2, 0) is 6.61 Å². The molecule has 0 saturated carbocycles. The van der Waals surface area contributed by atoms with Crippen molar-refractivity contribution in [1.82, 2.24) is 5.16 Å². The molecule has 144 valence electrons. The zero-order valence-corrected chi connectivity index (χ0v) is 15.8. The van der Waals surface area contributed by atoms with Gasteiger partial charge >= 0.3 is 0 Å². The molecule has 0 bridgehead atoms. The van der Waals surface area contributed by atoms with E-state index in [1.165, 1.54) is 18.2 Å². The van der Waals surface area contributed by atoms with Gasteiger partial charge in [0.25, 0.3) is 11.6 Å². The van der Waals surface area contributed by atoms with Crippen LogP contribution in [0.5, 0.6) is 5.75 Å². The van der Waals surface area contributed by atoms with Gasteiger partial charge in [-0.05, 0) is 31.5 Å². The van der Waals surface area contributed by atoms with E-state index in [1.807, 2.05) is 31.2 Å². The van der Waals surface area contributed by atoms with Crippen molar-refractivity contribution >= 4 is 28.9 Å². The molecule has 1 aromatic heterocycles. The van der Waals surface area contributed by atoms with Crippen LogP contribution in [-0.4, -0.2) is 16.0 Å². The van der Waals surface area contributed by atoms with Crippen LogP contribution in [0.2, 0.25) is 5.02 Å². The number of carbonyl (C=O) groups excluding carboxylic acids is 1. The first-order chi connectivity index (χ1) is 13.4. The second-order valence-corrected chi connectivity index (χ2v) is 6.40. The Balaban J connectivity index is 1.81. The maximum absolute atomic E-state index is 12.6.